The van der Waals surface area contributed by atoms with Crippen molar-refractivity contribution in [2.24, 2.45) is 0 Å². The van der Waals surface area contributed by atoms with Crippen LogP contribution in [0.1, 0.15) is 38.2 Å². The maximum Gasteiger partial charge on any atom is 0.124 e. The molecule has 1 aliphatic rings. The summed E-state index contributed by atoms with van der Waals surface area (Å²) >= 11 is 6.03. The van der Waals surface area contributed by atoms with E-state index >= 15 is 0 Å². The van der Waals surface area contributed by atoms with Gasteiger partial charge in [0.1, 0.15) is 5.75 Å². The number of hydrogen-bond donors (Lipinski definition) is 1. The van der Waals surface area contributed by atoms with Gasteiger partial charge in [-0.05, 0) is 50.4 Å². The van der Waals surface area contributed by atoms with E-state index in [1.165, 1.54) is 25.7 Å². The molecule has 0 spiro atoms. The molecule has 1 aromatic rings. The molecule has 0 amide bonds. The zero-order valence-corrected chi connectivity index (χ0v) is 11.1. The monoisotopic (exact) mass is 253 g/mol. The molecule has 0 heterocycles. The standard InChI is InChI=1S/C14H20ClNO/c1-2-16-10-11-9-12(15)7-8-14(11)17-13-5-3-4-6-13/h7-9,13,16H,2-6,10H2,1H3. The Balaban J connectivity index is 2.07. The van der Waals surface area contributed by atoms with Crippen LogP contribution in [0.2, 0.25) is 5.02 Å². The van der Waals surface area contributed by atoms with Crippen molar-refractivity contribution >= 4 is 11.6 Å². The highest BCUT2D eigenvalue weighted by Gasteiger charge is 2.17. The predicted octanol–water partition coefficient (Wildman–Crippen LogP) is 3.77. The summed E-state index contributed by atoms with van der Waals surface area (Å²) in [5, 5.41) is 4.09. The maximum absolute atomic E-state index is 6.06. The van der Waals surface area contributed by atoms with E-state index in [9.17, 15) is 0 Å². The van der Waals surface area contributed by atoms with Crippen molar-refractivity contribution in [3.8, 4) is 5.75 Å². The Kier molecular flexibility index (Phi) is 4.69. The minimum Gasteiger partial charge on any atom is -0.490 e. The summed E-state index contributed by atoms with van der Waals surface area (Å²) < 4.78 is 6.06. The molecule has 2 nitrogen and oxygen atoms in total. The van der Waals surface area contributed by atoms with Crippen molar-refractivity contribution in [1.29, 1.82) is 0 Å². The molecule has 0 aliphatic heterocycles. The highest BCUT2D eigenvalue weighted by Crippen LogP contribution is 2.28. The number of rotatable bonds is 5. The van der Waals surface area contributed by atoms with Crippen LogP contribution in [0.4, 0.5) is 0 Å². The lowest BCUT2D eigenvalue weighted by atomic mass is 10.2. The lowest BCUT2D eigenvalue weighted by Gasteiger charge is -2.17. The molecule has 0 unspecified atom stereocenters. The largest absolute Gasteiger partial charge is 0.490 e. The van der Waals surface area contributed by atoms with Gasteiger partial charge in [-0.15, -0.1) is 0 Å². The van der Waals surface area contributed by atoms with Crippen LogP contribution in [0.5, 0.6) is 5.75 Å². The molecule has 1 N–H and O–H groups in total. The molecule has 17 heavy (non-hydrogen) atoms. The fraction of sp³-hybridized carbons (Fsp3) is 0.571. The second-order valence-electron chi connectivity index (χ2n) is 4.56. The Morgan fingerprint density at radius 1 is 1.35 bits per heavy atom. The van der Waals surface area contributed by atoms with Gasteiger partial charge in [-0.2, -0.15) is 0 Å². The van der Waals surface area contributed by atoms with Crippen LogP contribution in [-0.2, 0) is 6.54 Å². The van der Waals surface area contributed by atoms with E-state index in [1.807, 2.05) is 18.2 Å². The average molecular weight is 254 g/mol. The number of benzene rings is 1. The topological polar surface area (TPSA) is 21.3 Å². The van der Waals surface area contributed by atoms with Gasteiger partial charge in [-0.1, -0.05) is 18.5 Å². The summed E-state index contributed by atoms with van der Waals surface area (Å²) in [5.74, 6) is 0.988. The highest BCUT2D eigenvalue weighted by molar-refractivity contribution is 6.30. The van der Waals surface area contributed by atoms with E-state index in [1.54, 1.807) is 0 Å². The van der Waals surface area contributed by atoms with Gasteiger partial charge < -0.3 is 10.1 Å². The van der Waals surface area contributed by atoms with E-state index in [4.69, 9.17) is 16.3 Å². The van der Waals surface area contributed by atoms with Crippen molar-refractivity contribution in [2.75, 3.05) is 6.54 Å². The quantitative estimate of drug-likeness (QED) is 0.863. The Bertz CT molecular complexity index is 361. The summed E-state index contributed by atoms with van der Waals surface area (Å²) in [6.07, 6.45) is 5.35. The summed E-state index contributed by atoms with van der Waals surface area (Å²) in [4.78, 5) is 0. The molecule has 1 aliphatic carbocycles. The number of ether oxygens (including phenoxy) is 1. The van der Waals surface area contributed by atoms with E-state index in [2.05, 4.69) is 12.2 Å². The third-order valence-corrected chi connectivity index (χ3v) is 3.42. The molecule has 1 fully saturated rings. The summed E-state index contributed by atoms with van der Waals surface area (Å²) in [5.41, 5.74) is 1.16. The van der Waals surface area contributed by atoms with Gasteiger partial charge >= 0.3 is 0 Å². The van der Waals surface area contributed by atoms with E-state index in [0.717, 1.165) is 29.4 Å². The third kappa shape index (κ3) is 3.62. The van der Waals surface area contributed by atoms with Crippen LogP contribution < -0.4 is 10.1 Å². The first-order valence-electron chi connectivity index (χ1n) is 6.45. The Morgan fingerprint density at radius 2 is 2.12 bits per heavy atom. The van der Waals surface area contributed by atoms with Gasteiger partial charge in [0.15, 0.2) is 0 Å². The molecule has 0 saturated heterocycles. The first-order valence-corrected chi connectivity index (χ1v) is 6.83. The van der Waals surface area contributed by atoms with Gasteiger partial charge in [0.05, 0.1) is 6.10 Å². The second-order valence-corrected chi connectivity index (χ2v) is 4.99. The zero-order chi connectivity index (χ0) is 12.1. The smallest absolute Gasteiger partial charge is 0.124 e. The molecule has 1 aromatic carbocycles. The lowest BCUT2D eigenvalue weighted by molar-refractivity contribution is 0.207. The summed E-state index contributed by atoms with van der Waals surface area (Å²) in [6.45, 7) is 3.87. The molecule has 0 aromatic heterocycles. The van der Waals surface area contributed by atoms with Crippen LogP contribution in [0, 0.1) is 0 Å². The first-order chi connectivity index (χ1) is 8.29. The fourth-order valence-electron chi connectivity index (χ4n) is 2.25. The summed E-state index contributed by atoms with van der Waals surface area (Å²) in [7, 11) is 0. The summed E-state index contributed by atoms with van der Waals surface area (Å²) in [6, 6.07) is 5.89. The first kappa shape index (κ1) is 12.7. The van der Waals surface area contributed by atoms with Gasteiger partial charge in [-0.25, -0.2) is 0 Å². The van der Waals surface area contributed by atoms with Crippen molar-refractivity contribution < 1.29 is 4.74 Å². The minimum atomic E-state index is 0.400. The van der Waals surface area contributed by atoms with Gasteiger partial charge in [0, 0.05) is 17.1 Å². The molecule has 0 radical (unpaired) electrons. The van der Waals surface area contributed by atoms with Crippen LogP contribution in [-0.4, -0.2) is 12.6 Å². The van der Waals surface area contributed by atoms with E-state index in [-0.39, 0.29) is 0 Å². The van der Waals surface area contributed by atoms with E-state index in [0.29, 0.717) is 6.10 Å². The third-order valence-electron chi connectivity index (χ3n) is 3.18. The van der Waals surface area contributed by atoms with Crippen molar-refractivity contribution in [2.45, 2.75) is 45.3 Å². The molecule has 0 atom stereocenters. The van der Waals surface area contributed by atoms with Gasteiger partial charge in [-0.3, -0.25) is 0 Å². The maximum atomic E-state index is 6.06. The van der Waals surface area contributed by atoms with Gasteiger partial charge in [0.2, 0.25) is 0 Å². The predicted molar refractivity (Wildman–Crippen MR) is 71.7 cm³/mol. The van der Waals surface area contributed by atoms with Crippen LogP contribution in [0.15, 0.2) is 18.2 Å². The SMILES string of the molecule is CCNCc1cc(Cl)ccc1OC1CCCC1. The average Bonchev–Trinajstić information content (AvgIpc) is 2.82. The number of hydrogen-bond acceptors (Lipinski definition) is 2. The van der Waals surface area contributed by atoms with Gasteiger partial charge in [0.25, 0.3) is 0 Å². The van der Waals surface area contributed by atoms with Crippen LogP contribution in [0.3, 0.4) is 0 Å². The Labute approximate surface area is 108 Å². The highest BCUT2D eigenvalue weighted by atomic mass is 35.5. The lowest BCUT2D eigenvalue weighted by Crippen LogP contribution is -2.16. The number of halogens is 1. The zero-order valence-electron chi connectivity index (χ0n) is 10.3. The fourth-order valence-corrected chi connectivity index (χ4v) is 2.44. The Hall–Kier alpha value is -0.730. The second kappa shape index (κ2) is 6.27. The Morgan fingerprint density at radius 3 is 2.82 bits per heavy atom. The molecule has 1 saturated carbocycles. The van der Waals surface area contributed by atoms with Crippen LogP contribution in [0.25, 0.3) is 0 Å². The van der Waals surface area contributed by atoms with Crippen molar-refractivity contribution in [1.82, 2.24) is 5.32 Å². The normalized spacial score (nSPS) is 16.4. The van der Waals surface area contributed by atoms with E-state index < -0.39 is 0 Å². The minimum absolute atomic E-state index is 0.400. The molecule has 2 rings (SSSR count). The molecule has 94 valence electrons. The number of nitrogens with one attached hydrogen (secondary N) is 1. The van der Waals surface area contributed by atoms with Crippen molar-refractivity contribution in [3.05, 3.63) is 28.8 Å². The van der Waals surface area contributed by atoms with Crippen LogP contribution >= 0.6 is 11.6 Å². The molecule has 3 heteroatoms. The van der Waals surface area contributed by atoms with Crippen molar-refractivity contribution in [3.63, 3.8) is 0 Å². The molecule has 0 bridgehead atoms. The molecular formula is C14H20ClNO. The molecular weight excluding hydrogens is 234 g/mol.